The second-order valence-electron chi connectivity index (χ2n) is 10.1. The Morgan fingerprint density at radius 1 is 1.21 bits per heavy atom. The van der Waals surface area contributed by atoms with Crippen molar-refractivity contribution in [1.82, 2.24) is 15.1 Å². The van der Waals surface area contributed by atoms with E-state index in [0.717, 1.165) is 31.4 Å². The highest BCUT2D eigenvalue weighted by Crippen LogP contribution is 2.37. The first-order valence-corrected chi connectivity index (χ1v) is 12.3. The normalized spacial score (nSPS) is 30.1. The number of halogens is 1. The minimum absolute atomic E-state index is 0.0346. The van der Waals surface area contributed by atoms with Crippen LogP contribution in [0.2, 0.25) is 0 Å². The number of piperazine rings is 1. The van der Waals surface area contributed by atoms with E-state index in [0.29, 0.717) is 37.8 Å². The van der Waals surface area contributed by atoms with Crippen molar-refractivity contribution in [2.75, 3.05) is 32.7 Å². The SMILES string of the molecule is O=C(NCc1ccc(F)cc1)C1=CN2CC3N(CCC[N+]3([O-])CC3CCCC3)CC2=C(O)C1O. The average Bonchev–Trinajstić information content (AvgIpc) is 3.33. The first-order chi connectivity index (χ1) is 16.3. The minimum Gasteiger partial charge on any atom is -0.632 e. The van der Waals surface area contributed by atoms with Crippen molar-refractivity contribution < 1.29 is 24.0 Å². The molecule has 3 heterocycles. The van der Waals surface area contributed by atoms with E-state index in [-0.39, 0.29) is 34.5 Å². The monoisotopic (exact) mass is 472 g/mol. The van der Waals surface area contributed by atoms with E-state index in [1.165, 1.54) is 25.0 Å². The number of rotatable bonds is 5. The van der Waals surface area contributed by atoms with Gasteiger partial charge in [-0.25, -0.2) is 9.29 Å². The van der Waals surface area contributed by atoms with E-state index < -0.39 is 12.0 Å². The van der Waals surface area contributed by atoms with Gasteiger partial charge in [0, 0.05) is 38.2 Å². The van der Waals surface area contributed by atoms with Crippen LogP contribution in [0.25, 0.3) is 0 Å². The Bertz CT molecular complexity index is 991. The number of carbonyl (C=O) groups excluding carboxylic acids is 1. The summed E-state index contributed by atoms with van der Waals surface area (Å²) in [6.45, 7) is 2.91. The lowest BCUT2D eigenvalue weighted by molar-refractivity contribution is -0.926. The van der Waals surface area contributed by atoms with Crippen LogP contribution in [-0.2, 0) is 11.3 Å². The number of quaternary nitrogens is 1. The maximum absolute atomic E-state index is 14.0. The van der Waals surface area contributed by atoms with E-state index >= 15 is 0 Å². The largest absolute Gasteiger partial charge is 0.632 e. The zero-order valence-corrected chi connectivity index (χ0v) is 19.3. The molecule has 1 saturated carbocycles. The molecule has 3 atom stereocenters. The van der Waals surface area contributed by atoms with Gasteiger partial charge in [-0.3, -0.25) is 4.79 Å². The highest BCUT2D eigenvalue weighted by atomic mass is 19.1. The Morgan fingerprint density at radius 3 is 2.68 bits per heavy atom. The molecule has 1 aromatic rings. The Balaban J connectivity index is 1.32. The van der Waals surface area contributed by atoms with E-state index in [2.05, 4.69) is 10.2 Å². The lowest BCUT2D eigenvalue weighted by atomic mass is 9.98. The van der Waals surface area contributed by atoms with Gasteiger partial charge in [0.25, 0.3) is 5.91 Å². The van der Waals surface area contributed by atoms with Gasteiger partial charge in [-0.05, 0) is 30.5 Å². The summed E-state index contributed by atoms with van der Waals surface area (Å²) >= 11 is 0. The van der Waals surface area contributed by atoms with Gasteiger partial charge in [0.05, 0.1) is 30.9 Å². The zero-order valence-electron chi connectivity index (χ0n) is 19.3. The summed E-state index contributed by atoms with van der Waals surface area (Å²) < 4.78 is 12.9. The number of aliphatic hydroxyl groups is 2. The average molecular weight is 473 g/mol. The Labute approximate surface area is 199 Å². The molecule has 1 aliphatic carbocycles. The van der Waals surface area contributed by atoms with Crippen molar-refractivity contribution in [3.8, 4) is 0 Å². The molecule has 8 nitrogen and oxygen atoms in total. The second kappa shape index (κ2) is 9.30. The van der Waals surface area contributed by atoms with Crippen molar-refractivity contribution in [2.24, 2.45) is 5.92 Å². The van der Waals surface area contributed by atoms with Crippen LogP contribution in [0.1, 0.15) is 37.7 Å². The van der Waals surface area contributed by atoms with Crippen LogP contribution in [0.4, 0.5) is 4.39 Å². The van der Waals surface area contributed by atoms with Crippen LogP contribution in [0.5, 0.6) is 0 Å². The standard InChI is InChI=1S/C25H33FN4O4/c26-19-8-6-17(7-9-19)12-27-25(33)20-13-29-15-22-28(14-21(29)24(32)23(20)31)10-3-11-30(22,34)16-18-4-1-2-5-18/h6-9,13,18,22-23,31-32H,1-5,10-12,14-16H2,(H,27,33). The Hall–Kier alpha value is -2.46. The van der Waals surface area contributed by atoms with Crippen LogP contribution in [-0.4, -0.2) is 75.6 Å². The van der Waals surface area contributed by atoms with Gasteiger partial charge in [0.15, 0.2) is 6.17 Å². The number of hydrogen-bond donors (Lipinski definition) is 3. The minimum atomic E-state index is -1.43. The number of nitrogens with one attached hydrogen (secondary N) is 1. The molecule has 0 bridgehead atoms. The van der Waals surface area contributed by atoms with Gasteiger partial charge in [0.2, 0.25) is 0 Å². The molecule has 34 heavy (non-hydrogen) atoms. The molecule has 3 N–H and O–H groups in total. The van der Waals surface area contributed by atoms with E-state index in [1.54, 1.807) is 23.2 Å². The van der Waals surface area contributed by atoms with E-state index in [1.807, 2.05) is 0 Å². The van der Waals surface area contributed by atoms with Gasteiger partial charge in [-0.15, -0.1) is 0 Å². The number of amides is 1. The van der Waals surface area contributed by atoms with Crippen molar-refractivity contribution in [3.63, 3.8) is 0 Å². The summed E-state index contributed by atoms with van der Waals surface area (Å²) in [4.78, 5) is 16.8. The van der Waals surface area contributed by atoms with Crippen LogP contribution in [0.15, 0.2) is 47.5 Å². The topological polar surface area (TPSA) is 99.1 Å². The fourth-order valence-electron chi connectivity index (χ4n) is 5.97. The lowest BCUT2D eigenvalue weighted by Crippen LogP contribution is -2.70. The van der Waals surface area contributed by atoms with Gasteiger partial charge in [0.1, 0.15) is 17.7 Å². The summed E-state index contributed by atoms with van der Waals surface area (Å²) in [5.41, 5.74) is 1.30. The van der Waals surface area contributed by atoms with Gasteiger partial charge < -0.3 is 30.3 Å². The van der Waals surface area contributed by atoms with E-state index in [4.69, 9.17) is 0 Å². The first-order valence-electron chi connectivity index (χ1n) is 12.3. The third-order valence-corrected chi connectivity index (χ3v) is 7.82. The van der Waals surface area contributed by atoms with Crippen LogP contribution in [0, 0.1) is 16.9 Å². The van der Waals surface area contributed by atoms with Gasteiger partial charge in [-0.1, -0.05) is 25.0 Å². The van der Waals surface area contributed by atoms with Crippen molar-refractivity contribution in [2.45, 2.75) is 50.9 Å². The third kappa shape index (κ3) is 4.45. The Kier molecular flexibility index (Phi) is 6.37. The second-order valence-corrected chi connectivity index (χ2v) is 10.1. The lowest BCUT2D eigenvalue weighted by Gasteiger charge is -2.59. The molecule has 1 aromatic carbocycles. The molecule has 9 heteroatoms. The third-order valence-electron chi connectivity index (χ3n) is 7.82. The van der Waals surface area contributed by atoms with Gasteiger partial charge >= 0.3 is 0 Å². The Morgan fingerprint density at radius 2 is 1.94 bits per heavy atom. The summed E-state index contributed by atoms with van der Waals surface area (Å²) in [6, 6.07) is 5.80. The molecular formula is C25H33FN4O4. The summed E-state index contributed by atoms with van der Waals surface area (Å²) in [7, 11) is 0. The van der Waals surface area contributed by atoms with Crippen LogP contribution < -0.4 is 5.32 Å². The molecule has 3 unspecified atom stereocenters. The number of benzene rings is 1. The maximum atomic E-state index is 14.0. The van der Waals surface area contributed by atoms with Crippen molar-refractivity contribution in [1.29, 1.82) is 0 Å². The fourth-order valence-corrected chi connectivity index (χ4v) is 5.97. The summed E-state index contributed by atoms with van der Waals surface area (Å²) in [5.74, 6) is -0.638. The highest BCUT2D eigenvalue weighted by Gasteiger charge is 2.46. The van der Waals surface area contributed by atoms with Gasteiger partial charge in [-0.2, -0.15) is 0 Å². The zero-order chi connectivity index (χ0) is 23.9. The molecule has 5 rings (SSSR count). The van der Waals surface area contributed by atoms with Crippen molar-refractivity contribution >= 4 is 5.91 Å². The molecule has 3 fully saturated rings. The highest BCUT2D eigenvalue weighted by molar-refractivity contribution is 5.95. The molecule has 3 aliphatic heterocycles. The molecule has 0 radical (unpaired) electrons. The number of carbonyl (C=O) groups is 1. The molecule has 2 saturated heterocycles. The van der Waals surface area contributed by atoms with Crippen molar-refractivity contribution in [3.05, 3.63) is 64.1 Å². The van der Waals surface area contributed by atoms with Crippen LogP contribution >= 0.6 is 0 Å². The number of fused-ring (bicyclic) bond motifs is 2. The predicted molar refractivity (Wildman–Crippen MR) is 124 cm³/mol. The number of hydroxylamine groups is 3. The maximum Gasteiger partial charge on any atom is 0.252 e. The molecule has 4 aliphatic rings. The molecular weight excluding hydrogens is 439 g/mol. The quantitative estimate of drug-likeness (QED) is 0.449. The van der Waals surface area contributed by atoms with E-state index in [9.17, 15) is 24.6 Å². The van der Waals surface area contributed by atoms with Crippen LogP contribution in [0.3, 0.4) is 0 Å². The molecule has 0 aromatic heterocycles. The number of nitrogens with zero attached hydrogens (tertiary/aromatic N) is 3. The summed E-state index contributed by atoms with van der Waals surface area (Å²) in [6.07, 6.45) is 5.34. The first kappa shape index (κ1) is 23.3. The molecule has 0 spiro atoms. The smallest absolute Gasteiger partial charge is 0.252 e. The predicted octanol–water partition coefficient (Wildman–Crippen LogP) is 2.32. The summed E-state index contributed by atoms with van der Waals surface area (Å²) in [5, 5.41) is 38.2. The number of aliphatic hydroxyl groups excluding tert-OH is 2. The fraction of sp³-hybridized carbons (Fsp3) is 0.560. The number of hydrogen-bond acceptors (Lipinski definition) is 6. The molecule has 184 valence electrons. The molecule has 1 amide bonds.